The van der Waals surface area contributed by atoms with E-state index in [2.05, 4.69) is 47.3 Å². The number of aryl methyl sites for hydroxylation is 1. The fourth-order valence-corrected chi connectivity index (χ4v) is 3.13. The first-order valence-corrected chi connectivity index (χ1v) is 7.56. The van der Waals surface area contributed by atoms with Gasteiger partial charge in [-0.15, -0.1) is 0 Å². The van der Waals surface area contributed by atoms with Gasteiger partial charge in [0.1, 0.15) is 0 Å². The molecule has 3 rings (SSSR count). The lowest BCUT2D eigenvalue weighted by molar-refractivity contribution is 0.175. The number of piperidine rings is 1. The van der Waals surface area contributed by atoms with Gasteiger partial charge in [-0.05, 0) is 38.9 Å². The molecule has 0 unspecified atom stereocenters. The summed E-state index contributed by atoms with van der Waals surface area (Å²) in [6.07, 6.45) is 3.48. The van der Waals surface area contributed by atoms with Gasteiger partial charge < -0.3 is 0 Å². The first-order valence-electron chi connectivity index (χ1n) is 7.56. The Labute approximate surface area is 124 Å². The van der Waals surface area contributed by atoms with Crippen molar-refractivity contribution in [2.24, 2.45) is 0 Å². The normalized spacial score (nSPS) is 19.8. The number of likely N-dealkylation sites (tertiary alicyclic amines) is 1. The number of rotatable bonds is 3. The zero-order valence-electron chi connectivity index (χ0n) is 12.7. The molecule has 0 spiro atoms. The molecule has 1 saturated heterocycles. The molecule has 1 aromatic heterocycles. The molecule has 0 amide bonds. The highest BCUT2D eigenvalue weighted by Gasteiger charge is 2.26. The van der Waals surface area contributed by atoms with E-state index < -0.39 is 0 Å². The largest absolute Gasteiger partial charge is 0.343 e. The van der Waals surface area contributed by atoms with Crippen molar-refractivity contribution in [3.8, 4) is 0 Å². The van der Waals surface area contributed by atoms with Crippen LogP contribution >= 0.6 is 0 Å². The summed E-state index contributed by atoms with van der Waals surface area (Å²) in [6.45, 7) is 3.71. The zero-order chi connectivity index (χ0) is 14.8. The maximum Gasteiger partial charge on any atom is 0.343 e. The topological polar surface area (TPSA) is 53.9 Å². The van der Waals surface area contributed by atoms with Crippen LogP contribution in [0.2, 0.25) is 0 Å². The van der Waals surface area contributed by atoms with Gasteiger partial charge in [0.05, 0.1) is 12.6 Å². The molecule has 1 atom stereocenters. The highest BCUT2D eigenvalue weighted by atomic mass is 16.1. The number of benzene rings is 1. The van der Waals surface area contributed by atoms with Crippen molar-refractivity contribution in [1.29, 1.82) is 0 Å². The quantitative estimate of drug-likeness (QED) is 0.940. The first kappa shape index (κ1) is 14.1. The van der Waals surface area contributed by atoms with Crippen LogP contribution in [0.4, 0.5) is 0 Å². The second kappa shape index (κ2) is 5.85. The summed E-state index contributed by atoms with van der Waals surface area (Å²) < 4.78 is 1.78. The van der Waals surface area contributed by atoms with E-state index in [4.69, 9.17) is 0 Å². The number of aromatic amines is 1. The van der Waals surface area contributed by atoms with Crippen molar-refractivity contribution in [1.82, 2.24) is 19.7 Å². The molecule has 5 nitrogen and oxygen atoms in total. The number of H-pyrrole nitrogens is 1. The highest BCUT2D eigenvalue weighted by Crippen LogP contribution is 2.27. The van der Waals surface area contributed by atoms with E-state index in [1.807, 2.05) is 6.07 Å². The molecule has 112 valence electrons. The molecule has 1 fully saturated rings. The Morgan fingerprint density at radius 2 is 2.24 bits per heavy atom. The van der Waals surface area contributed by atoms with Gasteiger partial charge in [-0.3, -0.25) is 9.47 Å². The molecule has 2 aromatic rings. The molecule has 2 heterocycles. The van der Waals surface area contributed by atoms with Crippen LogP contribution in [0, 0.1) is 6.92 Å². The van der Waals surface area contributed by atoms with E-state index in [1.165, 1.54) is 18.4 Å². The predicted molar refractivity (Wildman–Crippen MR) is 82.4 cm³/mol. The van der Waals surface area contributed by atoms with Crippen molar-refractivity contribution in [2.75, 3.05) is 13.6 Å². The average Bonchev–Trinajstić information content (AvgIpc) is 2.81. The Bertz CT molecular complexity index is 673. The Morgan fingerprint density at radius 3 is 3.00 bits per heavy atom. The molecule has 0 radical (unpaired) electrons. The third-order valence-electron chi connectivity index (χ3n) is 4.28. The summed E-state index contributed by atoms with van der Waals surface area (Å²) in [5, 5.41) is 6.91. The van der Waals surface area contributed by atoms with Crippen LogP contribution in [-0.2, 0) is 6.54 Å². The zero-order valence-corrected chi connectivity index (χ0v) is 12.7. The van der Waals surface area contributed by atoms with E-state index >= 15 is 0 Å². The van der Waals surface area contributed by atoms with Gasteiger partial charge in [0.15, 0.2) is 5.82 Å². The molecular formula is C16H22N4O. The Balaban J connectivity index is 1.92. The van der Waals surface area contributed by atoms with Gasteiger partial charge in [-0.2, -0.15) is 5.10 Å². The summed E-state index contributed by atoms with van der Waals surface area (Å²) >= 11 is 0. The van der Waals surface area contributed by atoms with E-state index in [1.54, 1.807) is 4.57 Å². The maximum atomic E-state index is 12.1. The van der Waals surface area contributed by atoms with E-state index in [-0.39, 0.29) is 11.7 Å². The number of hydrogen-bond donors (Lipinski definition) is 1. The number of nitrogens with one attached hydrogen (secondary N) is 1. The average molecular weight is 286 g/mol. The van der Waals surface area contributed by atoms with Gasteiger partial charge in [-0.1, -0.05) is 36.2 Å². The summed E-state index contributed by atoms with van der Waals surface area (Å²) in [5.41, 5.74) is 2.23. The van der Waals surface area contributed by atoms with Gasteiger partial charge in [-0.25, -0.2) is 9.89 Å². The van der Waals surface area contributed by atoms with E-state index in [0.717, 1.165) is 24.4 Å². The lowest BCUT2D eigenvalue weighted by atomic mass is 10.0. The van der Waals surface area contributed by atoms with Crippen LogP contribution in [0.5, 0.6) is 0 Å². The molecule has 1 N–H and O–H groups in total. The monoisotopic (exact) mass is 286 g/mol. The maximum absolute atomic E-state index is 12.1. The highest BCUT2D eigenvalue weighted by molar-refractivity contribution is 5.22. The summed E-state index contributed by atoms with van der Waals surface area (Å²) in [4.78, 5) is 14.4. The van der Waals surface area contributed by atoms with Crippen LogP contribution in [0.1, 0.15) is 42.3 Å². The minimum absolute atomic E-state index is 0.120. The minimum Gasteiger partial charge on any atom is -0.296 e. The molecule has 21 heavy (non-hydrogen) atoms. The molecule has 0 bridgehead atoms. The molecule has 0 saturated carbocycles. The molecule has 0 aliphatic carbocycles. The van der Waals surface area contributed by atoms with Gasteiger partial charge in [0.25, 0.3) is 0 Å². The molecule has 5 heteroatoms. The van der Waals surface area contributed by atoms with Crippen LogP contribution in [0.3, 0.4) is 0 Å². The molecular weight excluding hydrogens is 264 g/mol. The van der Waals surface area contributed by atoms with Crippen molar-refractivity contribution in [3.05, 3.63) is 51.7 Å². The van der Waals surface area contributed by atoms with Crippen LogP contribution in [-0.4, -0.2) is 33.3 Å². The third-order valence-corrected chi connectivity index (χ3v) is 4.28. The summed E-state index contributed by atoms with van der Waals surface area (Å²) in [7, 11) is 2.11. The van der Waals surface area contributed by atoms with Crippen molar-refractivity contribution in [2.45, 2.75) is 38.8 Å². The number of hydrogen-bond acceptors (Lipinski definition) is 3. The van der Waals surface area contributed by atoms with Gasteiger partial charge in [0, 0.05) is 0 Å². The fourth-order valence-electron chi connectivity index (χ4n) is 3.13. The molecule has 1 aromatic carbocycles. The molecule has 1 aliphatic heterocycles. The Morgan fingerprint density at radius 1 is 1.38 bits per heavy atom. The minimum atomic E-state index is -0.120. The van der Waals surface area contributed by atoms with Crippen LogP contribution in [0.25, 0.3) is 0 Å². The summed E-state index contributed by atoms with van der Waals surface area (Å²) in [5.74, 6) is 0.865. The smallest absolute Gasteiger partial charge is 0.296 e. The SMILES string of the molecule is Cc1cccc(Cn2c([C@@H]3CCCCN3C)n[nH]c2=O)c1. The second-order valence-electron chi connectivity index (χ2n) is 5.95. The van der Waals surface area contributed by atoms with Gasteiger partial charge in [0.2, 0.25) is 0 Å². The fraction of sp³-hybridized carbons (Fsp3) is 0.500. The lowest BCUT2D eigenvalue weighted by Crippen LogP contribution is -2.33. The Hall–Kier alpha value is -1.88. The third kappa shape index (κ3) is 2.93. The van der Waals surface area contributed by atoms with Crippen LogP contribution < -0.4 is 5.69 Å². The van der Waals surface area contributed by atoms with Crippen molar-refractivity contribution >= 4 is 0 Å². The van der Waals surface area contributed by atoms with Gasteiger partial charge >= 0.3 is 5.69 Å². The standard InChI is InChI=1S/C16H22N4O/c1-12-6-5-7-13(10-12)11-20-15(17-18-16(20)21)14-8-3-4-9-19(14)2/h5-7,10,14H,3-4,8-9,11H2,1-2H3,(H,18,21)/t14-/m0/s1. The second-order valence-corrected chi connectivity index (χ2v) is 5.95. The first-order chi connectivity index (χ1) is 10.1. The lowest BCUT2D eigenvalue weighted by Gasteiger charge is -2.31. The van der Waals surface area contributed by atoms with Crippen molar-refractivity contribution in [3.63, 3.8) is 0 Å². The molecule has 1 aliphatic rings. The van der Waals surface area contributed by atoms with Crippen molar-refractivity contribution < 1.29 is 0 Å². The van der Waals surface area contributed by atoms with Crippen LogP contribution in [0.15, 0.2) is 29.1 Å². The number of nitrogens with zero attached hydrogens (tertiary/aromatic N) is 3. The number of aromatic nitrogens is 3. The van der Waals surface area contributed by atoms with E-state index in [0.29, 0.717) is 6.54 Å². The van der Waals surface area contributed by atoms with E-state index in [9.17, 15) is 4.79 Å². The Kier molecular flexibility index (Phi) is 3.92. The predicted octanol–water partition coefficient (Wildman–Crippen LogP) is 2.08. The summed E-state index contributed by atoms with van der Waals surface area (Å²) in [6, 6.07) is 8.51.